The Bertz CT molecular complexity index is 2190. The molecule has 0 saturated carbocycles. The molecule has 4 heterocycles. The Balaban J connectivity index is 1.30. The molecule has 0 amide bonds. The summed E-state index contributed by atoms with van der Waals surface area (Å²) in [5, 5.41) is 2.46. The van der Waals surface area contributed by atoms with Crippen molar-refractivity contribution >= 4 is 50.8 Å². The van der Waals surface area contributed by atoms with Crippen LogP contribution in [0.3, 0.4) is 0 Å². The second-order valence-electron chi connectivity index (χ2n) is 12.7. The van der Waals surface area contributed by atoms with E-state index in [9.17, 15) is 0 Å². The fourth-order valence-electron chi connectivity index (χ4n) is 7.93. The minimum Gasteiger partial charge on any atom is -0.294 e. The van der Waals surface area contributed by atoms with Gasteiger partial charge in [-0.1, -0.05) is 100 Å². The van der Waals surface area contributed by atoms with Crippen LogP contribution in [0.2, 0.25) is 0 Å². The molecule has 4 nitrogen and oxygen atoms in total. The van der Waals surface area contributed by atoms with E-state index in [0.29, 0.717) is 11.8 Å². The van der Waals surface area contributed by atoms with Gasteiger partial charge in [0.05, 0.1) is 22.4 Å². The number of benzene rings is 4. The van der Waals surface area contributed by atoms with E-state index in [0.717, 1.165) is 22.7 Å². The topological polar surface area (TPSA) is 34.0 Å². The standard InChI is InChI=1S/C41H36N4S/c1-27(2)41(28(3)4)33-14-6-8-16-36(33)45(40-18-10-12-24-43-40)38-26-30(20-22-34(38)41)46-29-19-21-32-31-13-5-7-15-35(31)44(37(32)25-29)39-17-9-11-23-42-39/h5-28H,1-4H3. The molecule has 0 saturated heterocycles. The average Bonchev–Trinajstić information content (AvgIpc) is 3.41. The van der Waals surface area contributed by atoms with Crippen LogP contribution in [0.25, 0.3) is 27.6 Å². The number of rotatable bonds is 6. The number of hydrogen-bond acceptors (Lipinski definition) is 4. The SMILES string of the molecule is CC(C)C1(C(C)C)c2ccccc2N(c2ccccn2)c2cc(Sc3ccc4c5ccccc5n(-c5ccccn5)c4c3)ccc21. The van der Waals surface area contributed by atoms with Crippen molar-refractivity contribution in [3.63, 3.8) is 0 Å². The van der Waals surface area contributed by atoms with Crippen molar-refractivity contribution in [2.45, 2.75) is 42.9 Å². The molecule has 0 fully saturated rings. The highest BCUT2D eigenvalue weighted by Crippen LogP contribution is 2.58. The second kappa shape index (κ2) is 11.2. The number of fused-ring (bicyclic) bond motifs is 5. The Hall–Kier alpha value is -4.87. The van der Waals surface area contributed by atoms with E-state index >= 15 is 0 Å². The van der Waals surface area contributed by atoms with Crippen molar-refractivity contribution in [1.29, 1.82) is 0 Å². The normalized spacial score (nSPS) is 13.8. The smallest absolute Gasteiger partial charge is 0.137 e. The fourth-order valence-corrected chi connectivity index (χ4v) is 8.81. The summed E-state index contributed by atoms with van der Waals surface area (Å²) in [7, 11) is 0. The van der Waals surface area contributed by atoms with Crippen LogP contribution in [0.1, 0.15) is 38.8 Å². The molecule has 0 unspecified atom stereocenters. The first-order valence-corrected chi connectivity index (χ1v) is 16.9. The minimum absolute atomic E-state index is 0.136. The van der Waals surface area contributed by atoms with E-state index in [4.69, 9.17) is 9.97 Å². The molecule has 0 atom stereocenters. The van der Waals surface area contributed by atoms with Crippen molar-refractivity contribution in [3.8, 4) is 5.82 Å². The second-order valence-corrected chi connectivity index (χ2v) is 13.9. The highest BCUT2D eigenvalue weighted by Gasteiger charge is 2.48. The molecule has 8 rings (SSSR count). The van der Waals surface area contributed by atoms with E-state index in [1.54, 1.807) is 11.8 Å². The number of para-hydroxylation sites is 2. The van der Waals surface area contributed by atoms with Crippen molar-refractivity contribution < 1.29 is 0 Å². The number of nitrogens with zero attached hydrogens (tertiary/aromatic N) is 4. The molecular weight excluding hydrogens is 581 g/mol. The first-order chi connectivity index (χ1) is 22.5. The van der Waals surface area contributed by atoms with Gasteiger partial charge in [0.15, 0.2) is 0 Å². The Morgan fingerprint density at radius 2 is 1.15 bits per heavy atom. The molecule has 0 radical (unpaired) electrons. The van der Waals surface area contributed by atoms with Gasteiger partial charge < -0.3 is 0 Å². The lowest BCUT2D eigenvalue weighted by molar-refractivity contribution is 0.272. The lowest BCUT2D eigenvalue weighted by Crippen LogP contribution is -2.44. The van der Waals surface area contributed by atoms with Gasteiger partial charge in [0.2, 0.25) is 0 Å². The van der Waals surface area contributed by atoms with E-state index < -0.39 is 0 Å². The van der Waals surface area contributed by atoms with Gasteiger partial charge in [-0.2, -0.15) is 0 Å². The van der Waals surface area contributed by atoms with E-state index in [-0.39, 0.29) is 5.41 Å². The van der Waals surface area contributed by atoms with Crippen molar-refractivity contribution in [3.05, 3.63) is 145 Å². The molecule has 0 N–H and O–H groups in total. The average molecular weight is 617 g/mol. The molecule has 0 spiro atoms. The predicted molar refractivity (Wildman–Crippen MR) is 192 cm³/mol. The number of anilines is 3. The molecule has 5 heteroatoms. The maximum Gasteiger partial charge on any atom is 0.137 e. The molecule has 4 aromatic carbocycles. The van der Waals surface area contributed by atoms with E-state index in [1.807, 2.05) is 24.5 Å². The van der Waals surface area contributed by atoms with Gasteiger partial charge in [-0.15, -0.1) is 0 Å². The van der Waals surface area contributed by atoms with Crippen molar-refractivity contribution in [2.24, 2.45) is 11.8 Å². The first-order valence-electron chi connectivity index (χ1n) is 16.1. The zero-order valence-electron chi connectivity index (χ0n) is 26.6. The summed E-state index contributed by atoms with van der Waals surface area (Å²) in [5.41, 5.74) is 7.32. The summed E-state index contributed by atoms with van der Waals surface area (Å²) >= 11 is 1.80. The van der Waals surface area contributed by atoms with Gasteiger partial charge in [0, 0.05) is 38.4 Å². The van der Waals surface area contributed by atoms with Crippen LogP contribution in [-0.4, -0.2) is 14.5 Å². The largest absolute Gasteiger partial charge is 0.294 e. The molecular formula is C41H36N4S. The lowest BCUT2D eigenvalue weighted by atomic mass is 9.58. The van der Waals surface area contributed by atoms with Crippen LogP contribution in [0, 0.1) is 11.8 Å². The summed E-state index contributed by atoms with van der Waals surface area (Å²) in [6.07, 6.45) is 3.75. The third-order valence-electron chi connectivity index (χ3n) is 9.71. The van der Waals surface area contributed by atoms with Gasteiger partial charge in [0.25, 0.3) is 0 Å². The van der Waals surface area contributed by atoms with Gasteiger partial charge in [-0.05, 0) is 83.6 Å². The molecule has 46 heavy (non-hydrogen) atoms. The monoisotopic (exact) mass is 616 g/mol. The van der Waals surface area contributed by atoms with Gasteiger partial charge in [-0.25, -0.2) is 9.97 Å². The van der Waals surface area contributed by atoms with Gasteiger partial charge in [-0.3, -0.25) is 9.47 Å². The summed E-state index contributed by atoms with van der Waals surface area (Å²) < 4.78 is 2.28. The number of pyridine rings is 2. The van der Waals surface area contributed by atoms with Crippen molar-refractivity contribution in [1.82, 2.24) is 14.5 Å². The van der Waals surface area contributed by atoms with Crippen LogP contribution < -0.4 is 4.90 Å². The summed E-state index contributed by atoms with van der Waals surface area (Å²) in [6, 6.07) is 43.7. The van der Waals surface area contributed by atoms with Crippen LogP contribution in [0.4, 0.5) is 17.2 Å². The minimum atomic E-state index is -0.136. The van der Waals surface area contributed by atoms with Crippen molar-refractivity contribution in [2.75, 3.05) is 4.90 Å². The maximum atomic E-state index is 4.86. The van der Waals surface area contributed by atoms with Gasteiger partial charge >= 0.3 is 0 Å². The Labute approximate surface area is 274 Å². The quantitative estimate of drug-likeness (QED) is 0.186. The third-order valence-corrected chi connectivity index (χ3v) is 10.7. The molecule has 1 aliphatic heterocycles. The fraction of sp³-hybridized carbons (Fsp3) is 0.171. The predicted octanol–water partition coefficient (Wildman–Crippen LogP) is 11.1. The van der Waals surface area contributed by atoms with Crippen LogP contribution in [-0.2, 0) is 5.41 Å². The molecule has 226 valence electrons. The molecule has 0 aliphatic carbocycles. The zero-order valence-corrected chi connectivity index (χ0v) is 27.4. The third kappa shape index (κ3) is 4.29. The summed E-state index contributed by atoms with van der Waals surface area (Å²) in [4.78, 5) is 14.3. The summed E-state index contributed by atoms with van der Waals surface area (Å²) in [5.74, 6) is 2.65. The molecule has 1 aliphatic rings. The first kappa shape index (κ1) is 28.6. The summed E-state index contributed by atoms with van der Waals surface area (Å²) in [6.45, 7) is 9.48. The van der Waals surface area contributed by atoms with Crippen LogP contribution in [0.5, 0.6) is 0 Å². The molecule has 7 aromatic rings. The molecule has 3 aromatic heterocycles. The molecule has 0 bridgehead atoms. The highest BCUT2D eigenvalue weighted by molar-refractivity contribution is 7.99. The van der Waals surface area contributed by atoms with E-state index in [1.165, 1.54) is 43.1 Å². The number of aromatic nitrogens is 3. The highest BCUT2D eigenvalue weighted by atomic mass is 32.2. The Kier molecular flexibility index (Phi) is 6.95. The van der Waals surface area contributed by atoms with E-state index in [2.05, 4.69) is 146 Å². The number of hydrogen-bond donors (Lipinski definition) is 0. The van der Waals surface area contributed by atoms with Crippen LogP contribution >= 0.6 is 11.8 Å². The zero-order chi connectivity index (χ0) is 31.4. The Morgan fingerprint density at radius 1 is 0.543 bits per heavy atom. The van der Waals surface area contributed by atoms with Crippen LogP contribution in [0.15, 0.2) is 144 Å². The lowest BCUT2D eigenvalue weighted by Gasteiger charge is -2.50. The maximum absolute atomic E-state index is 4.86. The Morgan fingerprint density at radius 3 is 1.89 bits per heavy atom. The van der Waals surface area contributed by atoms with Gasteiger partial charge in [0.1, 0.15) is 11.6 Å².